The molecule has 2 aromatic rings. The Balaban J connectivity index is 2.33. The Hall–Kier alpha value is -1.60. The number of methoxy groups -OCH3 is 1. The molecule has 0 aliphatic heterocycles. The molecule has 2 rings (SSSR count). The fraction of sp³-hybridized carbons (Fsp3) is 0.294. The molecule has 0 fully saturated rings. The highest BCUT2D eigenvalue weighted by Crippen LogP contribution is 2.43. The molecule has 0 bridgehead atoms. The van der Waals surface area contributed by atoms with Crippen molar-refractivity contribution in [3.63, 3.8) is 0 Å². The fourth-order valence-corrected chi connectivity index (χ4v) is 3.91. The summed E-state index contributed by atoms with van der Waals surface area (Å²) in [5.74, 6) is 0.777. The lowest BCUT2D eigenvalue weighted by atomic mass is 10.1. The first-order valence-corrected chi connectivity index (χ1v) is 8.11. The van der Waals surface area contributed by atoms with Crippen molar-refractivity contribution in [3.8, 4) is 11.5 Å². The highest BCUT2D eigenvalue weighted by Gasteiger charge is 2.18. The van der Waals surface area contributed by atoms with Gasteiger partial charge in [0.05, 0.1) is 7.11 Å². The van der Waals surface area contributed by atoms with Crippen LogP contribution in [0.2, 0.25) is 0 Å². The number of halogens is 1. The molecule has 0 saturated carbocycles. The van der Waals surface area contributed by atoms with E-state index in [1.807, 2.05) is 18.2 Å². The van der Waals surface area contributed by atoms with E-state index in [-0.39, 0.29) is 25.8 Å². The van der Waals surface area contributed by atoms with Gasteiger partial charge < -0.3 is 9.84 Å². The van der Waals surface area contributed by atoms with Crippen LogP contribution in [0.4, 0.5) is 4.39 Å². The highest BCUT2D eigenvalue weighted by molar-refractivity contribution is 7.47. The quantitative estimate of drug-likeness (QED) is 0.802. The van der Waals surface area contributed by atoms with Gasteiger partial charge in [-0.15, -0.1) is 0 Å². The van der Waals surface area contributed by atoms with Crippen LogP contribution in [0.3, 0.4) is 0 Å². The van der Waals surface area contributed by atoms with Crippen molar-refractivity contribution in [3.05, 3.63) is 53.8 Å². The van der Waals surface area contributed by atoms with Crippen LogP contribution in [-0.2, 0) is 0 Å². The molecule has 0 radical (unpaired) electrons. The lowest BCUT2D eigenvalue weighted by Gasteiger charge is -2.19. The summed E-state index contributed by atoms with van der Waals surface area (Å²) < 4.78 is 19.1. The van der Waals surface area contributed by atoms with Gasteiger partial charge in [-0.05, 0) is 30.7 Å². The summed E-state index contributed by atoms with van der Waals surface area (Å²) in [4.78, 5) is 0. The zero-order valence-corrected chi connectivity index (χ0v) is 13.3. The number of ether oxygens (including phenoxy) is 1. The third-order valence-electron chi connectivity index (χ3n) is 3.39. The Morgan fingerprint density at radius 3 is 2.67 bits per heavy atom. The van der Waals surface area contributed by atoms with E-state index in [9.17, 15) is 9.50 Å². The third-order valence-corrected chi connectivity index (χ3v) is 5.06. The van der Waals surface area contributed by atoms with Gasteiger partial charge in [-0.1, -0.05) is 40.1 Å². The van der Waals surface area contributed by atoms with Crippen molar-refractivity contribution in [2.75, 3.05) is 7.11 Å². The molecular formula is C17H20FO2P. The summed E-state index contributed by atoms with van der Waals surface area (Å²) in [6, 6.07) is 12.1. The third kappa shape index (κ3) is 3.95. The van der Waals surface area contributed by atoms with Gasteiger partial charge in [0.15, 0.2) is 0 Å². The van der Waals surface area contributed by atoms with Crippen LogP contribution < -0.4 is 10.0 Å². The Morgan fingerprint density at radius 2 is 2.00 bits per heavy atom. The predicted octanol–water partition coefficient (Wildman–Crippen LogP) is 4.39. The first-order valence-electron chi connectivity index (χ1n) is 7.03. The molecule has 0 saturated heterocycles. The van der Waals surface area contributed by atoms with Crippen molar-refractivity contribution in [1.29, 1.82) is 0 Å². The number of aromatic hydroxyl groups is 1. The van der Waals surface area contributed by atoms with E-state index in [0.717, 1.165) is 18.4 Å². The Morgan fingerprint density at radius 1 is 1.24 bits per heavy atom. The zero-order valence-electron chi connectivity index (χ0n) is 12.3. The topological polar surface area (TPSA) is 29.5 Å². The molecular weight excluding hydrogens is 286 g/mol. The number of hydrogen-bond donors (Lipinski definition) is 1. The maximum Gasteiger partial charge on any atom is 0.130 e. The van der Waals surface area contributed by atoms with Crippen LogP contribution in [0.1, 0.15) is 31.0 Å². The van der Waals surface area contributed by atoms with Gasteiger partial charge in [0.1, 0.15) is 17.3 Å². The van der Waals surface area contributed by atoms with Crippen molar-refractivity contribution in [2.45, 2.75) is 25.4 Å². The molecule has 4 heteroatoms. The smallest absolute Gasteiger partial charge is 0.130 e. The molecule has 0 heterocycles. The lowest BCUT2D eigenvalue weighted by molar-refractivity contribution is 0.410. The summed E-state index contributed by atoms with van der Waals surface area (Å²) in [5, 5.41) is 10.8. The van der Waals surface area contributed by atoms with Crippen LogP contribution in [0, 0.1) is 5.82 Å². The normalized spacial score (nSPS) is 12.7. The molecule has 2 atom stereocenters. The number of phenolic OH excluding ortho intramolecular Hbond substituents is 1. The minimum Gasteiger partial charge on any atom is -0.508 e. The molecule has 1 N–H and O–H groups in total. The molecule has 2 unspecified atom stereocenters. The largest absolute Gasteiger partial charge is 0.508 e. The minimum atomic E-state index is -0.181. The SMILES string of the molecule is CCCC(Pc1ccccc1F)c1cc(OC)ccc1O. The second-order valence-corrected chi connectivity index (χ2v) is 6.41. The van der Waals surface area contributed by atoms with E-state index in [1.54, 1.807) is 25.3 Å². The van der Waals surface area contributed by atoms with Crippen molar-refractivity contribution >= 4 is 13.9 Å². The van der Waals surface area contributed by atoms with Crippen LogP contribution in [0.15, 0.2) is 42.5 Å². The summed E-state index contributed by atoms with van der Waals surface area (Å²) >= 11 is 0. The standard InChI is InChI=1S/C17H20FO2P/c1-3-6-16(21-17-8-5-4-7-14(17)18)13-11-12(20-2)9-10-15(13)19/h4-5,7-11,16,19,21H,3,6H2,1-2H3. The van der Waals surface area contributed by atoms with Gasteiger partial charge >= 0.3 is 0 Å². The molecule has 112 valence electrons. The summed E-state index contributed by atoms with van der Waals surface area (Å²) in [6.07, 6.45) is 1.87. The first kappa shape index (κ1) is 15.8. The van der Waals surface area contributed by atoms with Crippen LogP contribution in [-0.4, -0.2) is 12.2 Å². The number of benzene rings is 2. The summed E-state index contributed by atoms with van der Waals surface area (Å²) in [6.45, 7) is 2.09. The van der Waals surface area contributed by atoms with E-state index in [0.29, 0.717) is 11.1 Å². The van der Waals surface area contributed by atoms with E-state index in [1.165, 1.54) is 6.07 Å². The monoisotopic (exact) mass is 306 g/mol. The van der Waals surface area contributed by atoms with Crippen molar-refractivity contribution in [2.24, 2.45) is 0 Å². The maximum atomic E-state index is 13.9. The van der Waals surface area contributed by atoms with Crippen molar-refractivity contribution in [1.82, 2.24) is 0 Å². The first-order chi connectivity index (χ1) is 10.2. The van der Waals surface area contributed by atoms with Crippen molar-refractivity contribution < 1.29 is 14.2 Å². The average molecular weight is 306 g/mol. The Kier molecular flexibility index (Phi) is 5.58. The second kappa shape index (κ2) is 7.42. The number of phenols is 1. The minimum absolute atomic E-state index is 0.0991. The van der Waals surface area contributed by atoms with Gasteiger partial charge in [0, 0.05) is 16.5 Å². The van der Waals surface area contributed by atoms with E-state index in [4.69, 9.17) is 4.74 Å². The van der Waals surface area contributed by atoms with Gasteiger partial charge in [0.25, 0.3) is 0 Å². The molecule has 0 aliphatic carbocycles. The van der Waals surface area contributed by atoms with E-state index >= 15 is 0 Å². The maximum absolute atomic E-state index is 13.9. The predicted molar refractivity (Wildman–Crippen MR) is 86.7 cm³/mol. The number of hydrogen-bond acceptors (Lipinski definition) is 2. The Bertz CT molecular complexity index is 601. The average Bonchev–Trinajstić information content (AvgIpc) is 2.49. The van der Waals surface area contributed by atoms with Gasteiger partial charge in [-0.2, -0.15) is 0 Å². The van der Waals surface area contributed by atoms with Crippen LogP contribution in [0.5, 0.6) is 11.5 Å². The van der Waals surface area contributed by atoms with E-state index in [2.05, 4.69) is 6.92 Å². The van der Waals surface area contributed by atoms with Crippen LogP contribution >= 0.6 is 8.58 Å². The molecule has 2 nitrogen and oxygen atoms in total. The summed E-state index contributed by atoms with van der Waals surface area (Å²) in [7, 11) is 1.88. The molecule has 0 amide bonds. The van der Waals surface area contributed by atoms with Gasteiger partial charge in [-0.25, -0.2) is 4.39 Å². The molecule has 0 aromatic heterocycles. The van der Waals surface area contributed by atoms with Crippen LogP contribution in [0.25, 0.3) is 0 Å². The molecule has 0 spiro atoms. The second-order valence-electron chi connectivity index (χ2n) is 4.89. The van der Waals surface area contributed by atoms with E-state index < -0.39 is 0 Å². The molecule has 21 heavy (non-hydrogen) atoms. The van der Waals surface area contributed by atoms with Gasteiger partial charge in [0.2, 0.25) is 0 Å². The highest BCUT2D eigenvalue weighted by atomic mass is 31.1. The molecule has 0 aliphatic rings. The lowest BCUT2D eigenvalue weighted by Crippen LogP contribution is -2.05. The zero-order chi connectivity index (χ0) is 15.2. The Labute approximate surface area is 126 Å². The van der Waals surface area contributed by atoms with Gasteiger partial charge in [-0.3, -0.25) is 0 Å². The summed E-state index contributed by atoms with van der Waals surface area (Å²) in [5.41, 5.74) is 0.930. The molecule has 2 aromatic carbocycles. The fourth-order valence-electron chi connectivity index (χ4n) is 2.30. The number of rotatable bonds is 6.